The first kappa shape index (κ1) is 22.9. The van der Waals surface area contributed by atoms with Gasteiger partial charge in [0.25, 0.3) is 5.91 Å². The number of hydrogen-bond acceptors (Lipinski definition) is 5. The van der Waals surface area contributed by atoms with Crippen LogP contribution in [0.25, 0.3) is 0 Å². The van der Waals surface area contributed by atoms with E-state index < -0.39 is 0 Å². The van der Waals surface area contributed by atoms with Crippen molar-refractivity contribution >= 4 is 17.5 Å². The molecule has 1 aromatic heterocycles. The third kappa shape index (κ3) is 6.60. The van der Waals surface area contributed by atoms with Crippen LogP contribution in [0.2, 0.25) is 0 Å². The van der Waals surface area contributed by atoms with E-state index in [4.69, 9.17) is 4.74 Å². The summed E-state index contributed by atoms with van der Waals surface area (Å²) in [5, 5.41) is 2.96. The molecule has 0 radical (unpaired) electrons. The molecule has 166 valence electrons. The summed E-state index contributed by atoms with van der Waals surface area (Å²) in [4.78, 5) is 33.3. The second-order valence-corrected chi connectivity index (χ2v) is 8.21. The zero-order valence-electron chi connectivity index (χ0n) is 18.6. The Morgan fingerprint density at radius 1 is 1.23 bits per heavy atom. The van der Waals surface area contributed by atoms with Crippen molar-refractivity contribution in [3.63, 3.8) is 0 Å². The third-order valence-electron chi connectivity index (χ3n) is 5.67. The van der Waals surface area contributed by atoms with Gasteiger partial charge in [-0.05, 0) is 62.2 Å². The minimum atomic E-state index is -0.162. The largest absolute Gasteiger partial charge is 0.383 e. The highest BCUT2D eigenvalue weighted by atomic mass is 16.5. The summed E-state index contributed by atoms with van der Waals surface area (Å²) in [5.41, 5.74) is 3.41. The number of aromatic nitrogens is 1. The van der Waals surface area contributed by atoms with Crippen molar-refractivity contribution in [3.8, 4) is 0 Å². The Labute approximate surface area is 184 Å². The Balaban J connectivity index is 1.51. The van der Waals surface area contributed by atoms with Gasteiger partial charge in [-0.3, -0.25) is 19.5 Å². The van der Waals surface area contributed by atoms with Crippen LogP contribution in [0.4, 0.5) is 5.69 Å². The summed E-state index contributed by atoms with van der Waals surface area (Å²) in [6.45, 7) is 5.69. The number of likely N-dealkylation sites (tertiary alicyclic amines) is 1. The first-order chi connectivity index (χ1) is 15.0. The second kappa shape index (κ2) is 11.0. The molecule has 31 heavy (non-hydrogen) atoms. The van der Waals surface area contributed by atoms with Crippen LogP contribution in [0.5, 0.6) is 0 Å². The van der Waals surface area contributed by atoms with E-state index in [9.17, 15) is 9.59 Å². The first-order valence-electron chi connectivity index (χ1n) is 10.7. The van der Waals surface area contributed by atoms with Gasteiger partial charge >= 0.3 is 0 Å². The van der Waals surface area contributed by atoms with Gasteiger partial charge in [0.1, 0.15) is 0 Å². The van der Waals surface area contributed by atoms with E-state index >= 15 is 0 Å². The molecule has 0 unspecified atom stereocenters. The van der Waals surface area contributed by atoms with Crippen LogP contribution >= 0.6 is 0 Å². The lowest BCUT2D eigenvalue weighted by Crippen LogP contribution is -2.41. The molecule has 0 saturated carbocycles. The van der Waals surface area contributed by atoms with Crippen LogP contribution in [0.15, 0.2) is 42.7 Å². The maximum atomic E-state index is 12.6. The highest BCUT2D eigenvalue weighted by Crippen LogP contribution is 2.22. The minimum Gasteiger partial charge on any atom is -0.383 e. The van der Waals surface area contributed by atoms with Gasteiger partial charge < -0.3 is 15.0 Å². The molecule has 1 aliphatic heterocycles. The fourth-order valence-electron chi connectivity index (χ4n) is 3.88. The molecule has 1 aliphatic rings. The number of carbonyl (C=O) groups excluding carboxylic acids is 2. The summed E-state index contributed by atoms with van der Waals surface area (Å²) in [6, 6.07) is 9.76. The van der Waals surface area contributed by atoms with Crippen LogP contribution < -0.4 is 5.32 Å². The molecule has 2 amide bonds. The van der Waals surface area contributed by atoms with Crippen molar-refractivity contribution in [2.75, 3.05) is 45.7 Å². The molecule has 1 aromatic carbocycles. The molecule has 1 N–H and O–H groups in total. The minimum absolute atomic E-state index is 0.0895. The lowest BCUT2D eigenvalue weighted by molar-refractivity contribution is -0.136. The quantitative estimate of drug-likeness (QED) is 0.705. The number of likely N-dealkylation sites (N-methyl/N-ethyl adjacent to an activating group) is 1. The molecule has 1 saturated heterocycles. The molecule has 1 fully saturated rings. The standard InChI is InChI=1S/C24H32N4O3/c1-18-13-21(16-25-15-18)23(29)26-22-6-4-5-19(14-22)17-28-9-7-20(8-10-28)24(30)27(2)11-12-31-3/h4-6,13-16,20H,7-12,17H2,1-3H3,(H,26,29). The summed E-state index contributed by atoms with van der Waals surface area (Å²) in [5.74, 6) is 0.143. The number of benzene rings is 1. The maximum Gasteiger partial charge on any atom is 0.257 e. The van der Waals surface area contributed by atoms with Gasteiger partial charge in [-0.15, -0.1) is 0 Å². The number of methoxy groups -OCH3 is 1. The molecule has 2 heterocycles. The molecule has 7 nitrogen and oxygen atoms in total. The fourth-order valence-corrected chi connectivity index (χ4v) is 3.88. The Hall–Kier alpha value is -2.77. The van der Waals surface area contributed by atoms with Gasteiger partial charge in [0.2, 0.25) is 5.91 Å². The molecule has 0 aliphatic carbocycles. The van der Waals surface area contributed by atoms with Crippen molar-refractivity contribution in [2.45, 2.75) is 26.3 Å². The molecule has 0 bridgehead atoms. The normalized spacial score (nSPS) is 14.9. The highest BCUT2D eigenvalue weighted by molar-refractivity contribution is 6.04. The van der Waals surface area contributed by atoms with E-state index in [0.717, 1.165) is 49.3 Å². The molecular weight excluding hydrogens is 392 g/mol. The number of pyridine rings is 1. The van der Waals surface area contributed by atoms with E-state index in [-0.39, 0.29) is 17.7 Å². The Morgan fingerprint density at radius 2 is 2.00 bits per heavy atom. The molecule has 2 aromatic rings. The summed E-state index contributed by atoms with van der Waals surface area (Å²) in [6.07, 6.45) is 5.04. The first-order valence-corrected chi connectivity index (χ1v) is 10.7. The number of aryl methyl sites for hydroxylation is 1. The molecule has 0 atom stereocenters. The average Bonchev–Trinajstić information content (AvgIpc) is 2.77. The van der Waals surface area contributed by atoms with E-state index in [0.29, 0.717) is 18.7 Å². The molecule has 3 rings (SSSR count). The second-order valence-electron chi connectivity index (χ2n) is 8.21. The zero-order valence-corrected chi connectivity index (χ0v) is 18.6. The Morgan fingerprint density at radius 3 is 2.71 bits per heavy atom. The highest BCUT2D eigenvalue weighted by Gasteiger charge is 2.27. The van der Waals surface area contributed by atoms with E-state index in [1.165, 1.54) is 0 Å². The topological polar surface area (TPSA) is 74.8 Å². The van der Waals surface area contributed by atoms with Gasteiger partial charge in [0.15, 0.2) is 0 Å². The molecule has 7 heteroatoms. The number of ether oxygens (including phenoxy) is 1. The lowest BCUT2D eigenvalue weighted by atomic mass is 9.95. The van der Waals surface area contributed by atoms with Crippen molar-refractivity contribution in [1.29, 1.82) is 0 Å². The number of anilines is 1. The molecule has 0 spiro atoms. The van der Waals surface area contributed by atoms with Crippen molar-refractivity contribution < 1.29 is 14.3 Å². The number of nitrogens with one attached hydrogen (secondary N) is 1. The van der Waals surface area contributed by atoms with Crippen LogP contribution in [-0.2, 0) is 16.1 Å². The van der Waals surface area contributed by atoms with E-state index in [1.807, 2.05) is 38.2 Å². The summed E-state index contributed by atoms with van der Waals surface area (Å²) in [7, 11) is 3.50. The van der Waals surface area contributed by atoms with Gasteiger partial charge in [-0.25, -0.2) is 0 Å². The number of hydrogen-bond donors (Lipinski definition) is 1. The maximum absolute atomic E-state index is 12.6. The van der Waals surface area contributed by atoms with Gasteiger partial charge in [-0.1, -0.05) is 12.1 Å². The average molecular weight is 425 g/mol. The number of carbonyl (C=O) groups is 2. The number of piperidine rings is 1. The van der Waals surface area contributed by atoms with Crippen molar-refractivity contribution in [1.82, 2.24) is 14.8 Å². The van der Waals surface area contributed by atoms with Crippen LogP contribution in [0.1, 0.15) is 34.3 Å². The van der Waals surface area contributed by atoms with Crippen LogP contribution in [-0.4, -0.2) is 67.0 Å². The lowest BCUT2D eigenvalue weighted by Gasteiger charge is -2.33. The fraction of sp³-hybridized carbons (Fsp3) is 0.458. The summed E-state index contributed by atoms with van der Waals surface area (Å²) >= 11 is 0. The number of rotatable bonds is 8. The number of amides is 2. The van der Waals surface area contributed by atoms with Crippen molar-refractivity contribution in [2.24, 2.45) is 5.92 Å². The zero-order chi connectivity index (χ0) is 22.2. The van der Waals surface area contributed by atoms with Gasteiger partial charge in [0, 0.05) is 51.2 Å². The van der Waals surface area contributed by atoms with Crippen LogP contribution in [0, 0.1) is 12.8 Å². The predicted molar refractivity (Wildman–Crippen MR) is 121 cm³/mol. The summed E-state index contributed by atoms with van der Waals surface area (Å²) < 4.78 is 5.07. The monoisotopic (exact) mass is 424 g/mol. The number of nitrogens with zero attached hydrogens (tertiary/aromatic N) is 3. The van der Waals surface area contributed by atoms with E-state index in [2.05, 4.69) is 21.3 Å². The van der Waals surface area contributed by atoms with E-state index in [1.54, 1.807) is 24.4 Å². The van der Waals surface area contributed by atoms with Crippen molar-refractivity contribution in [3.05, 3.63) is 59.4 Å². The molecular formula is C24H32N4O3. The Bertz CT molecular complexity index is 894. The van der Waals surface area contributed by atoms with Gasteiger partial charge in [0.05, 0.1) is 12.2 Å². The van der Waals surface area contributed by atoms with Crippen LogP contribution in [0.3, 0.4) is 0 Å². The smallest absolute Gasteiger partial charge is 0.257 e. The third-order valence-corrected chi connectivity index (χ3v) is 5.67. The SMILES string of the molecule is COCCN(C)C(=O)C1CCN(Cc2cccc(NC(=O)c3cncc(C)c3)c2)CC1. The predicted octanol–water partition coefficient (Wildman–Crippen LogP) is 2.96. The Kier molecular flexibility index (Phi) is 8.14. The van der Waals surface area contributed by atoms with Gasteiger partial charge in [-0.2, -0.15) is 0 Å².